The van der Waals surface area contributed by atoms with Crippen LogP contribution in [0, 0.1) is 0 Å². The Morgan fingerprint density at radius 1 is 1.64 bits per heavy atom. The topological polar surface area (TPSA) is 47.3 Å². The first-order valence-corrected chi connectivity index (χ1v) is 5.89. The van der Waals surface area contributed by atoms with Crippen LogP contribution < -0.4 is 11.3 Å². The van der Waals surface area contributed by atoms with Crippen molar-refractivity contribution < 1.29 is 4.74 Å². The molecule has 0 bridgehead atoms. The maximum absolute atomic E-state index is 5.80. The van der Waals surface area contributed by atoms with Crippen molar-refractivity contribution in [3.63, 3.8) is 0 Å². The Balaban J connectivity index is 2.07. The molecule has 1 aromatic heterocycles. The summed E-state index contributed by atoms with van der Waals surface area (Å²) in [6.45, 7) is 2.11. The lowest BCUT2D eigenvalue weighted by Gasteiger charge is -2.21. The number of hydrogen-bond acceptors (Lipinski definition) is 4. The Morgan fingerprint density at radius 2 is 2.50 bits per heavy atom. The predicted octanol–water partition coefficient (Wildman–Crippen LogP) is 1.82. The molecule has 78 valence electrons. The normalized spacial score (nSPS) is 29.3. The maximum atomic E-state index is 5.80. The van der Waals surface area contributed by atoms with E-state index in [4.69, 9.17) is 10.6 Å². The fraction of sp³-hybridized carbons (Fsp3) is 0.600. The van der Waals surface area contributed by atoms with Crippen molar-refractivity contribution >= 4 is 11.3 Å². The Kier molecular flexibility index (Phi) is 3.18. The third-order valence-corrected chi connectivity index (χ3v) is 3.42. The van der Waals surface area contributed by atoms with Crippen molar-refractivity contribution in [3.05, 3.63) is 22.4 Å². The Labute approximate surface area is 88.2 Å². The number of nitrogens with one attached hydrogen (secondary N) is 1. The van der Waals surface area contributed by atoms with E-state index in [0.717, 1.165) is 12.8 Å². The molecule has 0 aliphatic carbocycles. The number of nitrogens with two attached hydrogens (primary N) is 1. The van der Waals surface area contributed by atoms with E-state index in [1.54, 1.807) is 11.3 Å². The molecule has 0 spiro atoms. The van der Waals surface area contributed by atoms with Crippen LogP contribution in [0.25, 0.3) is 0 Å². The SMILES string of the molecule is CC1CCC(C(NN)c2ccsc2)O1. The molecule has 3 unspecified atom stereocenters. The summed E-state index contributed by atoms with van der Waals surface area (Å²) in [6.07, 6.45) is 2.82. The second-order valence-electron chi connectivity index (χ2n) is 3.76. The largest absolute Gasteiger partial charge is 0.373 e. The first kappa shape index (κ1) is 10.1. The van der Waals surface area contributed by atoms with Gasteiger partial charge >= 0.3 is 0 Å². The minimum Gasteiger partial charge on any atom is -0.373 e. The first-order valence-electron chi connectivity index (χ1n) is 4.95. The van der Waals surface area contributed by atoms with Crippen molar-refractivity contribution in [1.82, 2.24) is 5.43 Å². The summed E-state index contributed by atoms with van der Waals surface area (Å²) in [5.74, 6) is 5.56. The van der Waals surface area contributed by atoms with Crippen LogP contribution >= 0.6 is 11.3 Å². The van der Waals surface area contributed by atoms with Crippen LogP contribution in [0.4, 0.5) is 0 Å². The zero-order chi connectivity index (χ0) is 9.97. The lowest BCUT2D eigenvalue weighted by Crippen LogP contribution is -2.36. The molecule has 1 aromatic rings. The summed E-state index contributed by atoms with van der Waals surface area (Å²) in [5, 5.41) is 4.19. The van der Waals surface area contributed by atoms with Crippen molar-refractivity contribution in [3.8, 4) is 0 Å². The zero-order valence-corrected chi connectivity index (χ0v) is 9.09. The van der Waals surface area contributed by atoms with Crippen LogP contribution in [-0.2, 0) is 4.74 Å². The molecule has 0 amide bonds. The van der Waals surface area contributed by atoms with Gasteiger partial charge < -0.3 is 4.74 Å². The summed E-state index contributed by atoms with van der Waals surface area (Å²) in [4.78, 5) is 0. The van der Waals surface area contributed by atoms with Crippen molar-refractivity contribution in [2.45, 2.75) is 38.0 Å². The van der Waals surface area contributed by atoms with Gasteiger partial charge in [0.1, 0.15) is 0 Å². The molecule has 2 heterocycles. The molecular formula is C10H16N2OS. The molecule has 1 aliphatic heterocycles. The highest BCUT2D eigenvalue weighted by Gasteiger charge is 2.30. The molecule has 4 heteroatoms. The molecule has 1 saturated heterocycles. The minimum atomic E-state index is 0.145. The summed E-state index contributed by atoms with van der Waals surface area (Å²) in [6, 6.07) is 2.24. The van der Waals surface area contributed by atoms with E-state index >= 15 is 0 Å². The molecule has 0 aromatic carbocycles. The van der Waals surface area contributed by atoms with Crippen LogP contribution in [0.5, 0.6) is 0 Å². The van der Waals surface area contributed by atoms with Gasteiger partial charge in [-0.1, -0.05) is 0 Å². The van der Waals surface area contributed by atoms with Crippen LogP contribution in [0.3, 0.4) is 0 Å². The Morgan fingerprint density at radius 3 is 3.00 bits per heavy atom. The summed E-state index contributed by atoms with van der Waals surface area (Å²) in [5.41, 5.74) is 4.08. The second-order valence-corrected chi connectivity index (χ2v) is 4.54. The zero-order valence-electron chi connectivity index (χ0n) is 8.27. The van der Waals surface area contributed by atoms with E-state index in [2.05, 4.69) is 29.2 Å². The monoisotopic (exact) mass is 212 g/mol. The molecule has 0 saturated carbocycles. The van der Waals surface area contributed by atoms with Crippen LogP contribution in [0.15, 0.2) is 16.8 Å². The van der Waals surface area contributed by atoms with Gasteiger partial charge in [-0.05, 0) is 42.2 Å². The highest BCUT2D eigenvalue weighted by atomic mass is 32.1. The fourth-order valence-electron chi connectivity index (χ4n) is 1.95. The van der Waals surface area contributed by atoms with E-state index in [-0.39, 0.29) is 12.1 Å². The van der Waals surface area contributed by atoms with Crippen LogP contribution in [0.1, 0.15) is 31.4 Å². The van der Waals surface area contributed by atoms with E-state index < -0.39 is 0 Å². The van der Waals surface area contributed by atoms with Gasteiger partial charge in [-0.2, -0.15) is 11.3 Å². The fourth-order valence-corrected chi connectivity index (χ4v) is 2.65. The Hall–Kier alpha value is -0.420. The van der Waals surface area contributed by atoms with Gasteiger partial charge in [0.15, 0.2) is 0 Å². The number of hydrogen-bond donors (Lipinski definition) is 2. The molecule has 0 radical (unpaired) electrons. The summed E-state index contributed by atoms with van der Waals surface area (Å²) < 4.78 is 5.80. The van der Waals surface area contributed by atoms with Gasteiger partial charge in [0.2, 0.25) is 0 Å². The molecular weight excluding hydrogens is 196 g/mol. The van der Waals surface area contributed by atoms with Crippen LogP contribution in [-0.4, -0.2) is 12.2 Å². The summed E-state index contributed by atoms with van der Waals surface area (Å²) in [7, 11) is 0. The van der Waals surface area contributed by atoms with E-state index in [1.165, 1.54) is 5.56 Å². The molecule has 14 heavy (non-hydrogen) atoms. The van der Waals surface area contributed by atoms with Crippen LogP contribution in [0.2, 0.25) is 0 Å². The van der Waals surface area contributed by atoms with Gasteiger partial charge in [-0.25, -0.2) is 0 Å². The molecule has 2 rings (SSSR count). The number of thiophene rings is 1. The Bertz CT molecular complexity index is 276. The smallest absolute Gasteiger partial charge is 0.0787 e. The highest BCUT2D eigenvalue weighted by Crippen LogP contribution is 2.30. The maximum Gasteiger partial charge on any atom is 0.0787 e. The van der Waals surface area contributed by atoms with Crippen molar-refractivity contribution in [2.75, 3.05) is 0 Å². The number of hydrazine groups is 1. The van der Waals surface area contributed by atoms with Crippen molar-refractivity contribution in [2.24, 2.45) is 5.84 Å². The predicted molar refractivity (Wildman–Crippen MR) is 58.0 cm³/mol. The van der Waals surface area contributed by atoms with Gasteiger partial charge in [0.05, 0.1) is 18.2 Å². The lowest BCUT2D eigenvalue weighted by atomic mass is 10.0. The van der Waals surface area contributed by atoms with Crippen molar-refractivity contribution in [1.29, 1.82) is 0 Å². The van der Waals surface area contributed by atoms with Gasteiger partial charge in [-0.15, -0.1) is 0 Å². The highest BCUT2D eigenvalue weighted by molar-refractivity contribution is 7.07. The molecule has 3 nitrogen and oxygen atoms in total. The molecule has 1 aliphatic rings. The van der Waals surface area contributed by atoms with Gasteiger partial charge in [-0.3, -0.25) is 11.3 Å². The van der Waals surface area contributed by atoms with E-state index in [0.29, 0.717) is 6.10 Å². The summed E-state index contributed by atoms with van der Waals surface area (Å²) >= 11 is 1.69. The molecule has 3 atom stereocenters. The minimum absolute atomic E-state index is 0.145. The third kappa shape index (κ3) is 1.98. The molecule has 1 fully saturated rings. The first-order chi connectivity index (χ1) is 6.81. The second kappa shape index (κ2) is 4.40. The van der Waals surface area contributed by atoms with E-state index in [1.807, 2.05) is 0 Å². The third-order valence-electron chi connectivity index (χ3n) is 2.72. The van der Waals surface area contributed by atoms with Gasteiger partial charge in [0.25, 0.3) is 0 Å². The molecule has 3 N–H and O–H groups in total. The van der Waals surface area contributed by atoms with E-state index in [9.17, 15) is 0 Å². The average Bonchev–Trinajstić information content (AvgIpc) is 2.79. The lowest BCUT2D eigenvalue weighted by molar-refractivity contribution is 0.0317. The quantitative estimate of drug-likeness (QED) is 0.593. The van der Waals surface area contributed by atoms with Gasteiger partial charge in [0, 0.05) is 0 Å². The average molecular weight is 212 g/mol. The standard InChI is InChI=1S/C10H16N2OS/c1-7-2-3-9(13-7)10(12-11)8-4-5-14-6-8/h4-7,9-10,12H,2-3,11H2,1H3. The number of rotatable bonds is 3. The number of ether oxygens (including phenoxy) is 1.